The van der Waals surface area contributed by atoms with Crippen molar-refractivity contribution in [1.82, 2.24) is 35.4 Å². The molecule has 0 bridgehead atoms. The number of nitrogens with one attached hydrogen (secondary N) is 3. The molecule has 3 aromatic rings. The lowest BCUT2D eigenvalue weighted by Gasteiger charge is -2.04. The van der Waals surface area contributed by atoms with Gasteiger partial charge in [0.2, 0.25) is 35.3 Å². The van der Waals surface area contributed by atoms with Crippen molar-refractivity contribution >= 4 is 17.8 Å². The molecule has 2 amide bonds. The summed E-state index contributed by atoms with van der Waals surface area (Å²) in [4.78, 5) is 42.3. The maximum atomic E-state index is 11.8. The summed E-state index contributed by atoms with van der Waals surface area (Å²) in [6.45, 7) is 0.221. The van der Waals surface area contributed by atoms with Gasteiger partial charge in [0.25, 0.3) is 0 Å². The van der Waals surface area contributed by atoms with Crippen LogP contribution < -0.4 is 10.6 Å². The van der Waals surface area contributed by atoms with Gasteiger partial charge in [0.05, 0.1) is 0 Å². The third-order valence-corrected chi connectivity index (χ3v) is 3.23. The van der Waals surface area contributed by atoms with Crippen LogP contribution in [0.25, 0.3) is 11.6 Å². The van der Waals surface area contributed by atoms with Crippen LogP contribution in [0.5, 0.6) is 0 Å². The molecule has 0 aliphatic heterocycles. The number of amides is 2. The van der Waals surface area contributed by atoms with E-state index in [-0.39, 0.29) is 43.4 Å². The average molecular weight is 356 g/mol. The number of nitrogens with zero attached hydrogens (tertiary/aromatic N) is 5. The summed E-state index contributed by atoms with van der Waals surface area (Å²) in [5.74, 6) is 0.857. The van der Waals surface area contributed by atoms with Crippen molar-refractivity contribution in [3.8, 4) is 11.6 Å². The zero-order valence-corrected chi connectivity index (χ0v) is 13.7. The summed E-state index contributed by atoms with van der Waals surface area (Å²) in [6, 6.07) is 1.68. The van der Waals surface area contributed by atoms with Crippen LogP contribution >= 0.6 is 0 Å². The molecule has 0 aliphatic rings. The SMILES string of the molecule is O=C(CCc1nc(-c2ncccn2)no1)NCCC(=O)Nc1ncc[nH]1. The Balaban J connectivity index is 1.36. The van der Waals surface area contributed by atoms with Crippen molar-refractivity contribution in [2.24, 2.45) is 0 Å². The van der Waals surface area contributed by atoms with Crippen LogP contribution in [0.1, 0.15) is 18.7 Å². The highest BCUT2D eigenvalue weighted by molar-refractivity contribution is 5.89. The van der Waals surface area contributed by atoms with Crippen LogP contribution in [-0.2, 0) is 16.0 Å². The van der Waals surface area contributed by atoms with Crippen LogP contribution in [-0.4, -0.2) is 48.4 Å². The van der Waals surface area contributed by atoms with Crippen molar-refractivity contribution in [3.63, 3.8) is 0 Å². The lowest BCUT2D eigenvalue weighted by atomic mass is 10.3. The first-order valence-electron chi connectivity index (χ1n) is 7.86. The second-order valence-electron chi connectivity index (χ2n) is 5.17. The molecule has 3 rings (SSSR count). The molecular formula is C15H16N8O3. The molecular weight excluding hydrogens is 340 g/mol. The Bertz CT molecular complexity index is 847. The molecule has 0 aromatic carbocycles. The monoisotopic (exact) mass is 356 g/mol. The van der Waals surface area contributed by atoms with Gasteiger partial charge in [-0.15, -0.1) is 0 Å². The van der Waals surface area contributed by atoms with Gasteiger partial charge in [-0.2, -0.15) is 4.98 Å². The van der Waals surface area contributed by atoms with Gasteiger partial charge in [0.15, 0.2) is 0 Å². The number of aromatic amines is 1. The number of carbonyl (C=O) groups is 2. The fraction of sp³-hybridized carbons (Fsp3) is 0.267. The Morgan fingerprint density at radius 1 is 1.04 bits per heavy atom. The van der Waals surface area contributed by atoms with Crippen molar-refractivity contribution in [1.29, 1.82) is 0 Å². The lowest BCUT2D eigenvalue weighted by Crippen LogP contribution is -2.28. The van der Waals surface area contributed by atoms with Crippen LogP contribution in [0.3, 0.4) is 0 Å². The average Bonchev–Trinajstić information content (AvgIpc) is 3.32. The molecule has 11 heteroatoms. The number of aryl methyl sites for hydroxylation is 1. The van der Waals surface area contributed by atoms with E-state index in [9.17, 15) is 9.59 Å². The normalized spacial score (nSPS) is 10.5. The van der Waals surface area contributed by atoms with Crippen molar-refractivity contribution in [2.75, 3.05) is 11.9 Å². The van der Waals surface area contributed by atoms with E-state index < -0.39 is 0 Å². The van der Waals surface area contributed by atoms with Crippen molar-refractivity contribution < 1.29 is 14.1 Å². The van der Waals surface area contributed by atoms with Gasteiger partial charge in [0, 0.05) is 50.6 Å². The molecule has 3 aromatic heterocycles. The van der Waals surface area contributed by atoms with Crippen LogP contribution in [0.15, 0.2) is 35.4 Å². The van der Waals surface area contributed by atoms with Crippen LogP contribution in [0.4, 0.5) is 5.95 Å². The molecule has 11 nitrogen and oxygen atoms in total. The van der Waals surface area contributed by atoms with Crippen LogP contribution in [0.2, 0.25) is 0 Å². The van der Waals surface area contributed by atoms with Gasteiger partial charge in [-0.25, -0.2) is 15.0 Å². The molecule has 0 saturated carbocycles. The maximum absolute atomic E-state index is 11.8. The van der Waals surface area contributed by atoms with Crippen molar-refractivity contribution in [3.05, 3.63) is 36.7 Å². The van der Waals surface area contributed by atoms with E-state index in [0.29, 0.717) is 17.7 Å². The Morgan fingerprint density at radius 3 is 2.65 bits per heavy atom. The highest BCUT2D eigenvalue weighted by Crippen LogP contribution is 2.10. The first kappa shape index (κ1) is 17.2. The zero-order chi connectivity index (χ0) is 18.2. The predicted molar refractivity (Wildman–Crippen MR) is 88.5 cm³/mol. The van der Waals surface area contributed by atoms with E-state index in [1.54, 1.807) is 24.7 Å². The Kier molecular flexibility index (Phi) is 5.60. The quantitative estimate of drug-likeness (QED) is 0.522. The largest absolute Gasteiger partial charge is 0.356 e. The van der Waals surface area contributed by atoms with Gasteiger partial charge < -0.3 is 14.8 Å². The smallest absolute Gasteiger partial charge is 0.240 e. The second-order valence-corrected chi connectivity index (χ2v) is 5.17. The minimum Gasteiger partial charge on any atom is -0.356 e. The summed E-state index contributed by atoms with van der Waals surface area (Å²) in [7, 11) is 0. The van der Waals surface area contributed by atoms with E-state index in [0.717, 1.165) is 0 Å². The predicted octanol–water partition coefficient (Wildman–Crippen LogP) is 0.327. The zero-order valence-electron chi connectivity index (χ0n) is 13.7. The van der Waals surface area contributed by atoms with Gasteiger partial charge in [-0.05, 0) is 6.07 Å². The summed E-state index contributed by atoms with van der Waals surface area (Å²) < 4.78 is 5.08. The van der Waals surface area contributed by atoms with E-state index >= 15 is 0 Å². The molecule has 3 N–H and O–H groups in total. The number of rotatable bonds is 8. The molecule has 3 heterocycles. The van der Waals surface area contributed by atoms with E-state index in [4.69, 9.17) is 4.52 Å². The second kappa shape index (κ2) is 8.46. The van der Waals surface area contributed by atoms with Gasteiger partial charge in [-0.3, -0.25) is 14.9 Å². The van der Waals surface area contributed by atoms with Gasteiger partial charge >= 0.3 is 0 Å². The van der Waals surface area contributed by atoms with E-state index in [1.165, 1.54) is 6.20 Å². The Labute approximate surface area is 147 Å². The number of hydrogen-bond acceptors (Lipinski definition) is 8. The summed E-state index contributed by atoms with van der Waals surface area (Å²) in [6.07, 6.45) is 6.88. The minimum absolute atomic E-state index is 0.141. The highest BCUT2D eigenvalue weighted by Gasteiger charge is 2.12. The first-order chi connectivity index (χ1) is 12.7. The first-order valence-corrected chi connectivity index (χ1v) is 7.86. The molecule has 0 radical (unpaired) electrons. The molecule has 134 valence electrons. The van der Waals surface area contributed by atoms with Gasteiger partial charge in [0.1, 0.15) is 0 Å². The maximum Gasteiger partial charge on any atom is 0.240 e. The third-order valence-electron chi connectivity index (χ3n) is 3.23. The Morgan fingerprint density at radius 2 is 1.88 bits per heavy atom. The number of anilines is 1. The number of carbonyl (C=O) groups excluding carboxylic acids is 2. The molecule has 0 fully saturated rings. The fourth-order valence-corrected chi connectivity index (χ4v) is 2.01. The van der Waals surface area contributed by atoms with E-state index in [2.05, 4.69) is 40.7 Å². The number of hydrogen-bond donors (Lipinski definition) is 3. The summed E-state index contributed by atoms with van der Waals surface area (Å²) in [5.41, 5.74) is 0. The summed E-state index contributed by atoms with van der Waals surface area (Å²) >= 11 is 0. The Hall–Kier alpha value is -3.63. The number of imidazole rings is 1. The van der Waals surface area contributed by atoms with Crippen LogP contribution in [0, 0.1) is 0 Å². The molecule has 0 aliphatic carbocycles. The van der Waals surface area contributed by atoms with E-state index in [1.807, 2.05) is 0 Å². The number of aromatic nitrogens is 6. The standard InChI is InChI=1S/C15H16N8O3/c24-10(16-7-4-11(25)21-15-19-8-9-20-15)2-3-12-22-14(23-26-12)13-17-5-1-6-18-13/h1,5-6,8-9H,2-4,7H2,(H,16,24)(H2,19,20,21,25). The lowest BCUT2D eigenvalue weighted by molar-refractivity contribution is -0.121. The molecule has 26 heavy (non-hydrogen) atoms. The van der Waals surface area contributed by atoms with Crippen molar-refractivity contribution in [2.45, 2.75) is 19.3 Å². The number of H-pyrrole nitrogens is 1. The summed E-state index contributed by atoms with van der Waals surface area (Å²) in [5, 5.41) is 9.01. The molecule has 0 saturated heterocycles. The minimum atomic E-state index is -0.246. The fourth-order valence-electron chi connectivity index (χ4n) is 2.01. The molecule has 0 atom stereocenters. The highest BCUT2D eigenvalue weighted by atomic mass is 16.5. The molecule has 0 spiro atoms. The topological polar surface area (TPSA) is 152 Å². The molecule has 0 unspecified atom stereocenters. The van der Waals surface area contributed by atoms with Gasteiger partial charge in [-0.1, -0.05) is 5.16 Å². The third kappa shape index (κ3) is 4.93.